The number of benzene rings is 1. The highest BCUT2D eigenvalue weighted by atomic mass is 19.3. The van der Waals surface area contributed by atoms with Gasteiger partial charge in [-0.05, 0) is 6.07 Å². The van der Waals surface area contributed by atoms with Crippen LogP contribution >= 0.6 is 0 Å². The molecule has 2 aromatic rings. The van der Waals surface area contributed by atoms with E-state index in [9.17, 15) is 8.78 Å². The van der Waals surface area contributed by atoms with Gasteiger partial charge >= 0.3 is 0 Å². The molecule has 0 radical (unpaired) electrons. The zero-order valence-electron chi connectivity index (χ0n) is 8.17. The summed E-state index contributed by atoms with van der Waals surface area (Å²) in [7, 11) is 1.74. The van der Waals surface area contributed by atoms with Crippen LogP contribution in [-0.2, 0) is 0 Å². The van der Waals surface area contributed by atoms with Crippen molar-refractivity contribution in [3.63, 3.8) is 0 Å². The third-order valence-corrected chi connectivity index (χ3v) is 2.31. The summed E-state index contributed by atoms with van der Waals surface area (Å²) in [5.41, 5.74) is 0.792. The number of pyridine rings is 1. The second-order valence-electron chi connectivity index (χ2n) is 3.22. The summed E-state index contributed by atoms with van der Waals surface area (Å²) in [6.45, 7) is 0. The second-order valence-corrected chi connectivity index (χ2v) is 3.22. The van der Waals surface area contributed by atoms with Gasteiger partial charge in [0.2, 0.25) is 0 Å². The van der Waals surface area contributed by atoms with Crippen LogP contribution in [0.4, 0.5) is 14.5 Å². The summed E-state index contributed by atoms with van der Waals surface area (Å²) in [6, 6.07) is 4.58. The highest BCUT2D eigenvalue weighted by Gasteiger charge is 2.08. The van der Waals surface area contributed by atoms with Crippen molar-refractivity contribution in [3.8, 4) is 0 Å². The van der Waals surface area contributed by atoms with Crippen LogP contribution < -0.4 is 5.32 Å². The van der Waals surface area contributed by atoms with E-state index in [4.69, 9.17) is 0 Å². The molecule has 2 rings (SSSR count). The maximum atomic E-state index is 12.5. The van der Waals surface area contributed by atoms with Crippen molar-refractivity contribution in [2.45, 2.75) is 6.43 Å². The molecule has 1 heterocycles. The average molecular weight is 208 g/mol. The molecule has 1 N–H and O–H groups in total. The standard InChI is InChI=1S/C11H10F2N2/c1-14-10-6-15-5-8-3-2-7(11(12)13)4-9(8)10/h2-6,11,14H,1H3. The van der Waals surface area contributed by atoms with Crippen LogP contribution in [0, 0.1) is 0 Å². The number of rotatable bonds is 2. The SMILES string of the molecule is CNc1cncc2ccc(C(F)F)cc12. The van der Waals surface area contributed by atoms with E-state index >= 15 is 0 Å². The van der Waals surface area contributed by atoms with Gasteiger partial charge in [0.25, 0.3) is 6.43 Å². The van der Waals surface area contributed by atoms with Crippen molar-refractivity contribution in [2.75, 3.05) is 12.4 Å². The van der Waals surface area contributed by atoms with E-state index < -0.39 is 6.43 Å². The van der Waals surface area contributed by atoms with Gasteiger partial charge in [-0.25, -0.2) is 8.78 Å². The van der Waals surface area contributed by atoms with E-state index in [0.717, 1.165) is 16.5 Å². The predicted octanol–water partition coefficient (Wildman–Crippen LogP) is 3.21. The molecule has 1 aromatic carbocycles. The van der Waals surface area contributed by atoms with Crippen LogP contribution in [0.5, 0.6) is 0 Å². The Balaban J connectivity index is 2.67. The van der Waals surface area contributed by atoms with Crippen molar-refractivity contribution in [1.82, 2.24) is 4.98 Å². The van der Waals surface area contributed by atoms with E-state index in [2.05, 4.69) is 10.3 Å². The molecule has 2 nitrogen and oxygen atoms in total. The Kier molecular flexibility index (Phi) is 2.49. The smallest absolute Gasteiger partial charge is 0.263 e. The van der Waals surface area contributed by atoms with Gasteiger partial charge in [0.05, 0.1) is 11.9 Å². The molecule has 0 bridgehead atoms. The first-order chi connectivity index (χ1) is 7.22. The van der Waals surface area contributed by atoms with E-state index in [1.165, 1.54) is 12.1 Å². The molecule has 0 aliphatic heterocycles. The van der Waals surface area contributed by atoms with Crippen LogP contribution in [0.2, 0.25) is 0 Å². The summed E-state index contributed by atoms with van der Waals surface area (Å²) in [6.07, 6.45) is 0.843. The molecule has 0 saturated carbocycles. The molecule has 0 fully saturated rings. The maximum absolute atomic E-state index is 12.5. The van der Waals surface area contributed by atoms with Crippen LogP contribution in [0.15, 0.2) is 30.6 Å². The molecule has 0 aliphatic carbocycles. The number of nitrogens with zero attached hydrogens (tertiary/aromatic N) is 1. The molecular weight excluding hydrogens is 198 g/mol. The lowest BCUT2D eigenvalue weighted by Gasteiger charge is -2.06. The lowest BCUT2D eigenvalue weighted by molar-refractivity contribution is 0.151. The van der Waals surface area contributed by atoms with E-state index in [1.54, 1.807) is 25.5 Å². The Bertz CT molecular complexity index is 483. The Morgan fingerprint density at radius 3 is 2.73 bits per heavy atom. The van der Waals surface area contributed by atoms with E-state index in [-0.39, 0.29) is 5.56 Å². The summed E-state index contributed by atoms with van der Waals surface area (Å²) >= 11 is 0. The Labute approximate surface area is 85.9 Å². The minimum atomic E-state index is -2.44. The van der Waals surface area contributed by atoms with Crippen molar-refractivity contribution < 1.29 is 8.78 Å². The van der Waals surface area contributed by atoms with Crippen molar-refractivity contribution >= 4 is 16.5 Å². The summed E-state index contributed by atoms with van der Waals surface area (Å²) in [5.74, 6) is 0. The Hall–Kier alpha value is -1.71. The van der Waals surface area contributed by atoms with Gasteiger partial charge in [0.15, 0.2) is 0 Å². The van der Waals surface area contributed by atoms with Crippen LogP contribution in [-0.4, -0.2) is 12.0 Å². The molecule has 0 spiro atoms. The predicted molar refractivity (Wildman–Crippen MR) is 56.2 cm³/mol. The highest BCUT2D eigenvalue weighted by molar-refractivity contribution is 5.93. The molecular formula is C11H10F2N2. The lowest BCUT2D eigenvalue weighted by atomic mass is 10.1. The highest BCUT2D eigenvalue weighted by Crippen LogP contribution is 2.27. The molecule has 4 heteroatoms. The first-order valence-electron chi connectivity index (χ1n) is 4.56. The van der Waals surface area contributed by atoms with Gasteiger partial charge < -0.3 is 5.32 Å². The molecule has 0 unspecified atom stereocenters. The minimum Gasteiger partial charge on any atom is -0.386 e. The fraction of sp³-hybridized carbons (Fsp3) is 0.182. The number of alkyl halides is 2. The van der Waals surface area contributed by atoms with Crippen molar-refractivity contribution in [3.05, 3.63) is 36.2 Å². The van der Waals surface area contributed by atoms with Crippen LogP contribution in [0.25, 0.3) is 10.8 Å². The third-order valence-electron chi connectivity index (χ3n) is 2.31. The molecule has 15 heavy (non-hydrogen) atoms. The first-order valence-corrected chi connectivity index (χ1v) is 4.56. The van der Waals surface area contributed by atoms with Crippen molar-refractivity contribution in [2.24, 2.45) is 0 Å². The van der Waals surface area contributed by atoms with Gasteiger partial charge in [-0.2, -0.15) is 0 Å². The number of nitrogens with one attached hydrogen (secondary N) is 1. The number of aromatic nitrogens is 1. The maximum Gasteiger partial charge on any atom is 0.263 e. The molecule has 0 saturated heterocycles. The molecule has 0 amide bonds. The number of halogens is 2. The summed E-state index contributed by atoms with van der Waals surface area (Å²) in [5, 5.41) is 4.55. The Morgan fingerprint density at radius 1 is 1.27 bits per heavy atom. The zero-order chi connectivity index (χ0) is 10.8. The molecule has 0 aliphatic rings. The lowest BCUT2D eigenvalue weighted by Crippen LogP contribution is -1.92. The quantitative estimate of drug-likeness (QED) is 0.819. The van der Waals surface area contributed by atoms with Gasteiger partial charge in [0.1, 0.15) is 0 Å². The van der Waals surface area contributed by atoms with E-state index in [1.807, 2.05) is 0 Å². The van der Waals surface area contributed by atoms with Crippen LogP contribution in [0.1, 0.15) is 12.0 Å². The number of hydrogen-bond donors (Lipinski definition) is 1. The van der Waals surface area contributed by atoms with Crippen LogP contribution in [0.3, 0.4) is 0 Å². The number of anilines is 1. The monoisotopic (exact) mass is 208 g/mol. The molecule has 78 valence electrons. The molecule has 0 atom stereocenters. The average Bonchev–Trinajstić information content (AvgIpc) is 2.27. The second kappa shape index (κ2) is 3.81. The Morgan fingerprint density at radius 2 is 2.07 bits per heavy atom. The van der Waals surface area contributed by atoms with E-state index in [0.29, 0.717) is 0 Å². The zero-order valence-corrected chi connectivity index (χ0v) is 8.17. The summed E-state index contributed by atoms with van der Waals surface area (Å²) < 4.78 is 25.0. The fourth-order valence-corrected chi connectivity index (χ4v) is 1.52. The van der Waals surface area contributed by atoms with Gasteiger partial charge in [-0.15, -0.1) is 0 Å². The van der Waals surface area contributed by atoms with Gasteiger partial charge in [0, 0.05) is 29.6 Å². The fourth-order valence-electron chi connectivity index (χ4n) is 1.52. The van der Waals surface area contributed by atoms with Crippen molar-refractivity contribution in [1.29, 1.82) is 0 Å². The number of hydrogen-bond acceptors (Lipinski definition) is 2. The third kappa shape index (κ3) is 1.75. The largest absolute Gasteiger partial charge is 0.386 e. The molecule has 1 aromatic heterocycles. The van der Waals surface area contributed by atoms with Gasteiger partial charge in [-0.1, -0.05) is 12.1 Å². The first kappa shape index (κ1) is 9.83. The minimum absolute atomic E-state index is 0.0326. The number of fused-ring (bicyclic) bond motifs is 1. The topological polar surface area (TPSA) is 24.9 Å². The summed E-state index contributed by atoms with van der Waals surface area (Å²) in [4.78, 5) is 4.01. The van der Waals surface area contributed by atoms with Gasteiger partial charge in [-0.3, -0.25) is 4.98 Å². The normalized spacial score (nSPS) is 10.9.